The normalized spacial score (nSPS) is 10.5. The number of carbonyl (C=O) groups excluding carboxylic acids is 1. The number of aryl methyl sites for hydroxylation is 2. The number of nitrogens with one attached hydrogen (secondary N) is 1. The second-order valence-corrected chi connectivity index (χ2v) is 5.26. The fraction of sp³-hybridized carbons (Fsp3) is 0.286. The van der Waals surface area contributed by atoms with Crippen LogP contribution in [-0.4, -0.2) is 30.6 Å². The highest BCUT2D eigenvalue weighted by atomic mass is 16.6. The first-order valence-electron chi connectivity index (χ1n) is 7.16. The number of anilines is 1. The van der Waals surface area contributed by atoms with Crippen molar-refractivity contribution in [3.8, 4) is 5.75 Å². The second kappa shape index (κ2) is 6.95. The molecule has 0 radical (unpaired) electrons. The molecule has 11 nitrogen and oxygen atoms in total. The number of nitro benzene ring substituents is 1. The van der Waals surface area contributed by atoms with Crippen LogP contribution in [0, 0.1) is 34.1 Å². The molecule has 0 aliphatic heterocycles. The lowest BCUT2D eigenvalue weighted by molar-refractivity contribution is -0.386. The van der Waals surface area contributed by atoms with Gasteiger partial charge in [0.25, 0.3) is 5.69 Å². The van der Waals surface area contributed by atoms with Gasteiger partial charge in [-0.3, -0.25) is 29.7 Å². The topological polar surface area (TPSA) is 153 Å². The minimum atomic E-state index is -0.666. The Morgan fingerprint density at radius 1 is 1.28 bits per heavy atom. The molecule has 1 heterocycles. The lowest BCUT2D eigenvalue weighted by Gasteiger charge is -2.08. The largest absolute Gasteiger partial charge is 0.506 e. The molecule has 2 aromatic rings. The zero-order valence-corrected chi connectivity index (χ0v) is 13.4. The van der Waals surface area contributed by atoms with Crippen LogP contribution in [0.3, 0.4) is 0 Å². The second-order valence-electron chi connectivity index (χ2n) is 5.26. The van der Waals surface area contributed by atoms with E-state index in [0.717, 1.165) is 12.1 Å². The van der Waals surface area contributed by atoms with Crippen LogP contribution in [0.1, 0.15) is 17.8 Å². The SMILES string of the molecule is Cc1nn(CCC(=O)Nc2ccc([N+](=O)[O-])cc2O)c(C)c1[N+](=O)[O-]. The van der Waals surface area contributed by atoms with E-state index in [4.69, 9.17) is 0 Å². The third-order valence-electron chi connectivity index (χ3n) is 3.54. The van der Waals surface area contributed by atoms with E-state index in [0.29, 0.717) is 5.69 Å². The minimum absolute atomic E-state index is 0.0370. The standard InChI is InChI=1S/C14H15N5O6/c1-8-14(19(24)25)9(2)17(16-8)6-5-13(21)15-11-4-3-10(18(22)23)7-12(11)20/h3-4,7,20H,5-6H2,1-2H3,(H,15,21). The molecule has 25 heavy (non-hydrogen) atoms. The van der Waals surface area contributed by atoms with Gasteiger partial charge in [-0.15, -0.1) is 0 Å². The number of amides is 1. The molecule has 1 aromatic heterocycles. The highest BCUT2D eigenvalue weighted by molar-refractivity contribution is 5.92. The van der Waals surface area contributed by atoms with E-state index < -0.39 is 21.5 Å². The van der Waals surface area contributed by atoms with Crippen LogP contribution in [-0.2, 0) is 11.3 Å². The Bertz CT molecular complexity index is 860. The van der Waals surface area contributed by atoms with Crippen molar-refractivity contribution in [2.24, 2.45) is 0 Å². The molecule has 132 valence electrons. The van der Waals surface area contributed by atoms with Gasteiger partial charge in [0.2, 0.25) is 5.91 Å². The number of aromatic hydroxyl groups is 1. The molecule has 1 aromatic carbocycles. The van der Waals surface area contributed by atoms with Crippen molar-refractivity contribution in [2.75, 3.05) is 5.32 Å². The van der Waals surface area contributed by atoms with E-state index in [9.17, 15) is 30.1 Å². The molecule has 0 saturated carbocycles. The van der Waals surface area contributed by atoms with Crippen molar-refractivity contribution in [3.05, 3.63) is 49.8 Å². The van der Waals surface area contributed by atoms with Gasteiger partial charge in [0, 0.05) is 12.5 Å². The molecule has 0 aliphatic rings. The predicted octanol–water partition coefficient (Wildman–Crippen LogP) is 2.05. The van der Waals surface area contributed by atoms with Crippen molar-refractivity contribution < 1.29 is 19.7 Å². The lowest BCUT2D eigenvalue weighted by atomic mass is 10.2. The van der Waals surface area contributed by atoms with Crippen LogP contribution in [0.4, 0.5) is 17.1 Å². The minimum Gasteiger partial charge on any atom is -0.506 e. The number of hydrogen-bond acceptors (Lipinski definition) is 7. The number of carbonyl (C=O) groups is 1. The summed E-state index contributed by atoms with van der Waals surface area (Å²) in [5.41, 5.74) is 0.248. The van der Waals surface area contributed by atoms with E-state index >= 15 is 0 Å². The van der Waals surface area contributed by atoms with E-state index in [1.807, 2.05) is 0 Å². The van der Waals surface area contributed by atoms with E-state index in [-0.39, 0.29) is 35.7 Å². The summed E-state index contributed by atoms with van der Waals surface area (Å²) in [5.74, 6) is -0.899. The maximum atomic E-state index is 12.0. The number of rotatable bonds is 6. The summed E-state index contributed by atoms with van der Waals surface area (Å²) in [5, 5.41) is 37.7. The summed E-state index contributed by atoms with van der Waals surface area (Å²) < 4.78 is 1.36. The van der Waals surface area contributed by atoms with Crippen LogP contribution in [0.5, 0.6) is 5.75 Å². The van der Waals surface area contributed by atoms with Crippen LogP contribution >= 0.6 is 0 Å². The number of benzene rings is 1. The Morgan fingerprint density at radius 3 is 2.48 bits per heavy atom. The molecule has 2 N–H and O–H groups in total. The average Bonchev–Trinajstić information content (AvgIpc) is 2.81. The maximum Gasteiger partial charge on any atom is 0.312 e. The summed E-state index contributed by atoms with van der Waals surface area (Å²) in [6.07, 6.45) is -0.0461. The molecule has 0 unspecified atom stereocenters. The third-order valence-corrected chi connectivity index (χ3v) is 3.54. The lowest BCUT2D eigenvalue weighted by Crippen LogP contribution is -2.15. The number of non-ortho nitro benzene ring substituents is 1. The summed E-state index contributed by atoms with van der Waals surface area (Å²) in [7, 11) is 0. The molecule has 0 bridgehead atoms. The summed E-state index contributed by atoms with van der Waals surface area (Å²) in [6, 6.07) is 3.30. The first-order valence-corrected chi connectivity index (χ1v) is 7.16. The zero-order chi connectivity index (χ0) is 18.7. The van der Waals surface area contributed by atoms with E-state index in [2.05, 4.69) is 10.4 Å². The van der Waals surface area contributed by atoms with Gasteiger partial charge in [0.15, 0.2) is 0 Å². The quantitative estimate of drug-likeness (QED) is 0.459. The van der Waals surface area contributed by atoms with Crippen molar-refractivity contribution in [3.63, 3.8) is 0 Å². The van der Waals surface area contributed by atoms with Gasteiger partial charge in [-0.1, -0.05) is 0 Å². The Labute approximate surface area is 141 Å². The average molecular weight is 349 g/mol. The Morgan fingerprint density at radius 2 is 1.96 bits per heavy atom. The van der Waals surface area contributed by atoms with Crippen molar-refractivity contribution in [1.82, 2.24) is 9.78 Å². The number of nitro groups is 2. The van der Waals surface area contributed by atoms with E-state index in [1.165, 1.54) is 24.6 Å². The molecule has 2 rings (SSSR count). The molecule has 1 amide bonds. The molecular weight excluding hydrogens is 334 g/mol. The number of hydrogen-bond donors (Lipinski definition) is 2. The summed E-state index contributed by atoms with van der Waals surface area (Å²) >= 11 is 0. The first-order chi connectivity index (χ1) is 11.7. The Balaban J connectivity index is 2.03. The Hall–Kier alpha value is -3.50. The van der Waals surface area contributed by atoms with Gasteiger partial charge >= 0.3 is 5.69 Å². The number of phenolic OH excluding ortho intramolecular Hbond substituents is 1. The molecule has 0 saturated heterocycles. The first kappa shape index (κ1) is 17.8. The number of aromatic nitrogens is 2. The highest BCUT2D eigenvalue weighted by Gasteiger charge is 2.22. The third kappa shape index (κ3) is 3.88. The summed E-state index contributed by atoms with van der Waals surface area (Å²) in [6.45, 7) is 3.16. The molecule has 0 spiro atoms. The fourth-order valence-corrected chi connectivity index (χ4v) is 2.33. The van der Waals surface area contributed by atoms with Crippen LogP contribution < -0.4 is 5.32 Å². The molecule has 11 heteroatoms. The van der Waals surface area contributed by atoms with Crippen LogP contribution in [0.25, 0.3) is 0 Å². The van der Waals surface area contributed by atoms with Crippen LogP contribution in [0.2, 0.25) is 0 Å². The summed E-state index contributed by atoms with van der Waals surface area (Å²) in [4.78, 5) is 32.3. The number of nitrogens with zero attached hydrogens (tertiary/aromatic N) is 4. The van der Waals surface area contributed by atoms with Crippen molar-refractivity contribution in [2.45, 2.75) is 26.8 Å². The smallest absolute Gasteiger partial charge is 0.312 e. The van der Waals surface area contributed by atoms with E-state index in [1.54, 1.807) is 0 Å². The molecule has 0 atom stereocenters. The highest BCUT2D eigenvalue weighted by Crippen LogP contribution is 2.28. The van der Waals surface area contributed by atoms with Gasteiger partial charge in [0.1, 0.15) is 17.1 Å². The monoisotopic (exact) mass is 349 g/mol. The van der Waals surface area contributed by atoms with Gasteiger partial charge < -0.3 is 10.4 Å². The van der Waals surface area contributed by atoms with Gasteiger partial charge in [-0.25, -0.2) is 0 Å². The number of phenols is 1. The van der Waals surface area contributed by atoms with Crippen molar-refractivity contribution >= 4 is 23.0 Å². The fourth-order valence-electron chi connectivity index (χ4n) is 2.33. The molecule has 0 fully saturated rings. The van der Waals surface area contributed by atoms with Crippen LogP contribution in [0.15, 0.2) is 18.2 Å². The molecule has 0 aliphatic carbocycles. The van der Waals surface area contributed by atoms with Gasteiger partial charge in [-0.05, 0) is 19.9 Å². The van der Waals surface area contributed by atoms with Crippen molar-refractivity contribution in [1.29, 1.82) is 0 Å². The Kier molecular flexibility index (Phi) is 4.96. The predicted molar refractivity (Wildman–Crippen MR) is 86.4 cm³/mol. The van der Waals surface area contributed by atoms with Gasteiger partial charge in [-0.2, -0.15) is 5.10 Å². The maximum absolute atomic E-state index is 12.0. The molecular formula is C14H15N5O6. The zero-order valence-electron chi connectivity index (χ0n) is 13.4. The van der Waals surface area contributed by atoms with Gasteiger partial charge in [0.05, 0.1) is 28.1 Å².